The standard InChI is InChI=1S/C24H30N4O3/c29-22-11-10-20(17-28(22)18-23(30)27-14-4-1-5-15-27)24(31)25-21-9-3-2-8-19(21)16-26-12-6-7-13-26/h2-3,8-11,17H,1,4-7,12-16,18H2,(H,25,31). The number of rotatable bonds is 6. The van der Waals surface area contributed by atoms with Crippen molar-refractivity contribution in [2.24, 2.45) is 0 Å². The maximum absolute atomic E-state index is 12.9. The van der Waals surface area contributed by atoms with Gasteiger partial charge in [0.2, 0.25) is 5.91 Å². The van der Waals surface area contributed by atoms with Crippen LogP contribution in [-0.4, -0.2) is 52.4 Å². The average Bonchev–Trinajstić information content (AvgIpc) is 3.30. The van der Waals surface area contributed by atoms with Gasteiger partial charge in [-0.25, -0.2) is 0 Å². The first kappa shape index (κ1) is 21.3. The van der Waals surface area contributed by atoms with Gasteiger partial charge in [-0.3, -0.25) is 19.3 Å². The number of benzene rings is 1. The highest BCUT2D eigenvalue weighted by Gasteiger charge is 2.19. The number of carbonyl (C=O) groups is 2. The molecule has 2 aliphatic heterocycles. The average molecular weight is 423 g/mol. The number of carbonyl (C=O) groups excluding carboxylic acids is 2. The number of amides is 2. The van der Waals surface area contributed by atoms with Crippen LogP contribution in [0.5, 0.6) is 0 Å². The highest BCUT2D eigenvalue weighted by molar-refractivity contribution is 6.04. The van der Waals surface area contributed by atoms with Crippen molar-refractivity contribution in [3.8, 4) is 0 Å². The Bertz CT molecular complexity index is 988. The molecule has 0 unspecified atom stereocenters. The highest BCUT2D eigenvalue weighted by Crippen LogP contribution is 2.20. The molecule has 0 atom stereocenters. The van der Waals surface area contributed by atoms with Crippen molar-refractivity contribution < 1.29 is 9.59 Å². The lowest BCUT2D eigenvalue weighted by molar-refractivity contribution is -0.132. The number of aromatic nitrogens is 1. The van der Waals surface area contributed by atoms with Crippen LogP contribution < -0.4 is 10.9 Å². The van der Waals surface area contributed by atoms with Crippen LogP contribution in [0, 0.1) is 0 Å². The molecule has 0 aliphatic carbocycles. The van der Waals surface area contributed by atoms with Gasteiger partial charge in [-0.15, -0.1) is 0 Å². The summed E-state index contributed by atoms with van der Waals surface area (Å²) in [6.45, 7) is 4.41. The third-order valence-electron chi connectivity index (χ3n) is 6.12. The molecule has 2 fully saturated rings. The van der Waals surface area contributed by atoms with E-state index < -0.39 is 0 Å². The molecule has 1 aromatic heterocycles. The molecule has 2 saturated heterocycles. The molecular weight excluding hydrogens is 392 g/mol. The molecule has 7 heteroatoms. The quantitative estimate of drug-likeness (QED) is 0.777. The summed E-state index contributed by atoms with van der Waals surface area (Å²) in [5, 5.41) is 2.99. The normalized spacial score (nSPS) is 17.0. The molecule has 3 heterocycles. The number of pyridine rings is 1. The largest absolute Gasteiger partial charge is 0.341 e. The van der Waals surface area contributed by atoms with Gasteiger partial charge in [0.05, 0.1) is 5.56 Å². The van der Waals surface area contributed by atoms with Crippen molar-refractivity contribution in [2.45, 2.75) is 45.2 Å². The van der Waals surface area contributed by atoms with E-state index in [1.807, 2.05) is 24.3 Å². The minimum absolute atomic E-state index is 0.0362. The fraction of sp³-hybridized carbons (Fsp3) is 0.458. The summed E-state index contributed by atoms with van der Waals surface area (Å²) in [5.41, 5.74) is 1.94. The van der Waals surface area contributed by atoms with Crippen LogP contribution in [0.25, 0.3) is 0 Å². The van der Waals surface area contributed by atoms with E-state index in [1.165, 1.54) is 35.7 Å². The van der Waals surface area contributed by atoms with Gasteiger partial charge >= 0.3 is 0 Å². The monoisotopic (exact) mass is 422 g/mol. The molecular formula is C24H30N4O3. The second kappa shape index (κ2) is 9.92. The summed E-state index contributed by atoms with van der Waals surface area (Å²) in [6, 6.07) is 10.7. The van der Waals surface area contributed by atoms with Crippen LogP contribution in [0.15, 0.2) is 47.4 Å². The van der Waals surface area contributed by atoms with Gasteiger partial charge in [0, 0.05) is 37.6 Å². The van der Waals surface area contributed by atoms with E-state index in [0.717, 1.165) is 63.2 Å². The molecule has 0 bridgehead atoms. The van der Waals surface area contributed by atoms with Gasteiger partial charge in [0.15, 0.2) is 0 Å². The Kier molecular flexibility index (Phi) is 6.82. The van der Waals surface area contributed by atoms with Crippen LogP contribution in [0.4, 0.5) is 5.69 Å². The molecule has 7 nitrogen and oxygen atoms in total. The Labute approximate surface area is 182 Å². The molecule has 0 radical (unpaired) electrons. The number of hydrogen-bond donors (Lipinski definition) is 1. The Hall–Kier alpha value is -2.93. The van der Waals surface area contributed by atoms with Gasteiger partial charge in [-0.2, -0.15) is 0 Å². The Morgan fingerprint density at radius 2 is 1.58 bits per heavy atom. The van der Waals surface area contributed by atoms with Gasteiger partial charge < -0.3 is 14.8 Å². The molecule has 2 aliphatic rings. The number of piperidine rings is 1. The summed E-state index contributed by atoms with van der Waals surface area (Å²) < 4.78 is 1.34. The predicted molar refractivity (Wildman–Crippen MR) is 120 cm³/mol. The Morgan fingerprint density at radius 3 is 2.35 bits per heavy atom. The van der Waals surface area contributed by atoms with Crippen LogP contribution in [-0.2, 0) is 17.9 Å². The lowest BCUT2D eigenvalue weighted by Crippen LogP contribution is -2.39. The van der Waals surface area contributed by atoms with E-state index in [4.69, 9.17) is 0 Å². The van der Waals surface area contributed by atoms with Crippen molar-refractivity contribution in [3.05, 3.63) is 64.1 Å². The fourth-order valence-corrected chi connectivity index (χ4v) is 4.33. The van der Waals surface area contributed by atoms with Gasteiger partial charge in [-0.05, 0) is 62.9 Å². The Balaban J connectivity index is 1.46. The van der Waals surface area contributed by atoms with E-state index in [-0.39, 0.29) is 23.9 Å². The topological polar surface area (TPSA) is 74.6 Å². The van der Waals surface area contributed by atoms with Crippen LogP contribution in [0.3, 0.4) is 0 Å². The van der Waals surface area contributed by atoms with E-state index in [0.29, 0.717) is 5.56 Å². The molecule has 0 spiro atoms. The zero-order valence-electron chi connectivity index (χ0n) is 17.9. The van der Waals surface area contributed by atoms with Crippen molar-refractivity contribution in [1.29, 1.82) is 0 Å². The van der Waals surface area contributed by atoms with E-state index in [2.05, 4.69) is 10.2 Å². The van der Waals surface area contributed by atoms with Crippen LogP contribution in [0.1, 0.15) is 48.0 Å². The number of nitrogens with one attached hydrogen (secondary N) is 1. The lowest BCUT2D eigenvalue weighted by atomic mass is 10.1. The second-order valence-corrected chi connectivity index (χ2v) is 8.42. The molecule has 1 aromatic carbocycles. The van der Waals surface area contributed by atoms with E-state index in [1.54, 1.807) is 4.90 Å². The maximum atomic E-state index is 12.9. The maximum Gasteiger partial charge on any atom is 0.257 e. The molecule has 2 aromatic rings. The van der Waals surface area contributed by atoms with Crippen LogP contribution >= 0.6 is 0 Å². The molecule has 2 amide bonds. The molecule has 31 heavy (non-hydrogen) atoms. The number of para-hydroxylation sites is 1. The third kappa shape index (κ3) is 5.41. The summed E-state index contributed by atoms with van der Waals surface area (Å²) >= 11 is 0. The Morgan fingerprint density at radius 1 is 0.871 bits per heavy atom. The first-order valence-corrected chi connectivity index (χ1v) is 11.2. The van der Waals surface area contributed by atoms with Crippen molar-refractivity contribution in [1.82, 2.24) is 14.4 Å². The number of anilines is 1. The van der Waals surface area contributed by atoms with Crippen molar-refractivity contribution in [3.63, 3.8) is 0 Å². The first-order valence-electron chi connectivity index (χ1n) is 11.2. The minimum atomic E-state index is -0.284. The van der Waals surface area contributed by atoms with Crippen molar-refractivity contribution in [2.75, 3.05) is 31.5 Å². The van der Waals surface area contributed by atoms with Crippen molar-refractivity contribution >= 4 is 17.5 Å². The van der Waals surface area contributed by atoms with Gasteiger partial charge in [0.1, 0.15) is 6.54 Å². The number of nitrogens with zero attached hydrogens (tertiary/aromatic N) is 3. The summed E-state index contributed by atoms with van der Waals surface area (Å²) in [7, 11) is 0. The highest BCUT2D eigenvalue weighted by atomic mass is 16.2. The molecule has 164 valence electrons. The first-order chi connectivity index (χ1) is 15.1. The number of hydrogen-bond acceptors (Lipinski definition) is 4. The van der Waals surface area contributed by atoms with Gasteiger partial charge in [0.25, 0.3) is 11.5 Å². The third-order valence-corrected chi connectivity index (χ3v) is 6.12. The predicted octanol–water partition coefficient (Wildman–Crippen LogP) is 2.71. The summed E-state index contributed by atoms with van der Waals surface area (Å²) in [4.78, 5) is 41.9. The van der Waals surface area contributed by atoms with E-state index in [9.17, 15) is 14.4 Å². The smallest absolute Gasteiger partial charge is 0.257 e. The zero-order chi connectivity index (χ0) is 21.6. The summed E-state index contributed by atoms with van der Waals surface area (Å²) in [5.74, 6) is -0.358. The second-order valence-electron chi connectivity index (χ2n) is 8.42. The zero-order valence-corrected chi connectivity index (χ0v) is 17.9. The van der Waals surface area contributed by atoms with Gasteiger partial charge in [-0.1, -0.05) is 18.2 Å². The lowest BCUT2D eigenvalue weighted by Gasteiger charge is -2.27. The number of likely N-dealkylation sites (tertiary alicyclic amines) is 2. The molecule has 1 N–H and O–H groups in total. The molecule has 4 rings (SSSR count). The SMILES string of the molecule is O=C(Nc1ccccc1CN1CCCC1)c1ccc(=O)n(CC(=O)N2CCCCC2)c1. The minimum Gasteiger partial charge on any atom is -0.341 e. The van der Waals surface area contributed by atoms with Crippen LogP contribution in [0.2, 0.25) is 0 Å². The molecule has 0 saturated carbocycles. The van der Waals surface area contributed by atoms with E-state index >= 15 is 0 Å². The summed E-state index contributed by atoms with van der Waals surface area (Å²) in [6.07, 6.45) is 7.06. The fourth-order valence-electron chi connectivity index (χ4n) is 4.33.